The van der Waals surface area contributed by atoms with Crippen molar-refractivity contribution < 1.29 is 14.9 Å². The van der Waals surface area contributed by atoms with Gasteiger partial charge in [0.1, 0.15) is 5.75 Å². The van der Waals surface area contributed by atoms with Gasteiger partial charge in [0.2, 0.25) is 0 Å². The number of rotatable bonds is 10. The summed E-state index contributed by atoms with van der Waals surface area (Å²) in [6.07, 6.45) is 5.80. The second-order valence-corrected chi connectivity index (χ2v) is 10.5. The summed E-state index contributed by atoms with van der Waals surface area (Å²) in [4.78, 5) is 11.2. The van der Waals surface area contributed by atoms with Gasteiger partial charge in [-0.25, -0.2) is 4.98 Å². The van der Waals surface area contributed by atoms with Crippen LogP contribution >= 0.6 is 23.4 Å². The monoisotopic (exact) mass is 501 g/mol. The number of pyridine rings is 2. The van der Waals surface area contributed by atoms with Crippen LogP contribution < -0.4 is 4.74 Å². The Morgan fingerprint density at radius 2 is 2.03 bits per heavy atom. The van der Waals surface area contributed by atoms with Crippen LogP contribution in [0, 0.1) is 5.41 Å². The lowest BCUT2D eigenvalue weighted by Gasteiger charge is -2.41. The first-order valence-corrected chi connectivity index (χ1v) is 13.1. The fraction of sp³-hybridized carbons (Fsp3) is 0.462. The van der Waals surface area contributed by atoms with Crippen LogP contribution in [0.25, 0.3) is 10.9 Å². The van der Waals surface area contributed by atoms with Crippen molar-refractivity contribution >= 4 is 34.3 Å². The quantitative estimate of drug-likeness (QED) is 0.379. The molecule has 0 saturated carbocycles. The molecule has 3 aromatic rings. The Bertz CT molecular complexity index is 1080. The molecule has 4 rings (SSSR count). The lowest BCUT2D eigenvalue weighted by molar-refractivity contribution is 0.0254. The van der Waals surface area contributed by atoms with Gasteiger partial charge < -0.3 is 19.8 Å². The zero-order valence-electron chi connectivity index (χ0n) is 19.5. The minimum absolute atomic E-state index is 0.134. The first-order chi connectivity index (χ1) is 16.5. The number of hydrogen-bond acceptors (Lipinski definition) is 7. The number of hydrogen-bond donors (Lipinski definition) is 2. The predicted octanol–water partition coefficient (Wildman–Crippen LogP) is 4.97. The van der Waals surface area contributed by atoms with Gasteiger partial charge in [0.05, 0.1) is 28.8 Å². The van der Waals surface area contributed by atoms with E-state index < -0.39 is 6.10 Å². The molecule has 1 aliphatic heterocycles. The van der Waals surface area contributed by atoms with E-state index in [1.54, 1.807) is 25.1 Å². The van der Waals surface area contributed by atoms with E-state index in [1.807, 2.05) is 42.6 Å². The minimum Gasteiger partial charge on any atom is -0.497 e. The number of thioether (sulfide) groups is 1. The van der Waals surface area contributed by atoms with Gasteiger partial charge in [-0.1, -0.05) is 17.7 Å². The van der Waals surface area contributed by atoms with Gasteiger partial charge in [-0.3, -0.25) is 4.98 Å². The summed E-state index contributed by atoms with van der Waals surface area (Å²) in [5, 5.41) is 23.7. The first-order valence-electron chi connectivity index (χ1n) is 11.7. The maximum atomic E-state index is 11.1. The molecular formula is C26H32ClN3O3S. The van der Waals surface area contributed by atoms with E-state index in [2.05, 4.69) is 14.9 Å². The largest absolute Gasteiger partial charge is 0.497 e. The van der Waals surface area contributed by atoms with E-state index >= 15 is 0 Å². The standard InChI is InChI=1S/C26H32ClN3O3S/c1-33-19-5-6-22-20(16-19)25(21(27)17-29-22)23(32)7-8-26(18-31)9-12-30(13-10-26)14-15-34-24-4-2-3-11-28-24/h2-6,11,16-17,23,31-32H,7-10,12-15,18H2,1H3/t23-/m1/s1. The molecule has 1 aliphatic rings. The number of aromatic nitrogens is 2. The molecule has 2 aromatic heterocycles. The summed E-state index contributed by atoms with van der Waals surface area (Å²) in [6.45, 7) is 3.05. The van der Waals surface area contributed by atoms with Crippen LogP contribution in [0.3, 0.4) is 0 Å². The summed E-state index contributed by atoms with van der Waals surface area (Å²) >= 11 is 8.24. The molecule has 0 unspecified atom stereocenters. The number of ether oxygens (including phenoxy) is 1. The molecule has 3 heterocycles. The highest BCUT2D eigenvalue weighted by Crippen LogP contribution is 2.40. The van der Waals surface area contributed by atoms with Crippen molar-refractivity contribution in [2.24, 2.45) is 5.41 Å². The molecule has 0 amide bonds. The van der Waals surface area contributed by atoms with Crippen LogP contribution in [-0.2, 0) is 0 Å². The molecule has 1 aromatic carbocycles. The molecule has 0 radical (unpaired) electrons. The highest BCUT2D eigenvalue weighted by molar-refractivity contribution is 7.99. The Labute approximate surface area is 210 Å². The van der Waals surface area contributed by atoms with Crippen molar-refractivity contribution in [1.82, 2.24) is 14.9 Å². The third-order valence-electron chi connectivity index (χ3n) is 6.90. The van der Waals surface area contributed by atoms with E-state index in [0.29, 0.717) is 22.8 Å². The van der Waals surface area contributed by atoms with Gasteiger partial charge in [-0.15, -0.1) is 11.8 Å². The summed E-state index contributed by atoms with van der Waals surface area (Å²) in [7, 11) is 1.61. The number of aliphatic hydroxyl groups is 2. The third-order valence-corrected chi connectivity index (χ3v) is 8.12. The number of likely N-dealkylation sites (tertiary alicyclic amines) is 1. The average molecular weight is 502 g/mol. The molecule has 0 aliphatic carbocycles. The number of nitrogens with zero attached hydrogens (tertiary/aromatic N) is 3. The van der Waals surface area contributed by atoms with E-state index in [9.17, 15) is 10.2 Å². The Balaban J connectivity index is 1.34. The number of halogens is 1. The molecule has 6 nitrogen and oxygen atoms in total. The van der Waals surface area contributed by atoms with Crippen molar-refractivity contribution in [2.45, 2.75) is 36.8 Å². The third kappa shape index (κ3) is 6.01. The molecule has 1 atom stereocenters. The number of methoxy groups -OCH3 is 1. The lowest BCUT2D eigenvalue weighted by atomic mass is 9.74. The zero-order chi connectivity index (χ0) is 24.0. The Kier molecular flexibility index (Phi) is 8.66. The fourth-order valence-electron chi connectivity index (χ4n) is 4.67. The highest BCUT2D eigenvalue weighted by Gasteiger charge is 2.34. The Hall–Kier alpha value is -1.90. The second kappa shape index (κ2) is 11.7. The van der Waals surface area contributed by atoms with Gasteiger partial charge in [-0.2, -0.15) is 0 Å². The maximum absolute atomic E-state index is 11.1. The second-order valence-electron chi connectivity index (χ2n) is 8.97. The predicted molar refractivity (Wildman–Crippen MR) is 138 cm³/mol. The smallest absolute Gasteiger partial charge is 0.119 e. The van der Waals surface area contributed by atoms with Crippen LogP contribution in [0.15, 0.2) is 53.8 Å². The summed E-state index contributed by atoms with van der Waals surface area (Å²) < 4.78 is 5.35. The van der Waals surface area contributed by atoms with Gasteiger partial charge >= 0.3 is 0 Å². The number of benzene rings is 1. The normalized spacial score (nSPS) is 17.1. The van der Waals surface area contributed by atoms with Gasteiger partial charge in [0.15, 0.2) is 0 Å². The van der Waals surface area contributed by atoms with E-state index in [-0.39, 0.29) is 12.0 Å². The van der Waals surface area contributed by atoms with Crippen LogP contribution in [-0.4, -0.2) is 64.2 Å². The van der Waals surface area contributed by atoms with Crippen LogP contribution in [0.4, 0.5) is 0 Å². The zero-order valence-corrected chi connectivity index (χ0v) is 21.1. The van der Waals surface area contributed by atoms with Crippen molar-refractivity contribution in [1.29, 1.82) is 0 Å². The fourth-order valence-corrected chi connectivity index (χ4v) is 5.82. The molecule has 182 valence electrons. The van der Waals surface area contributed by atoms with Gasteiger partial charge in [0.25, 0.3) is 0 Å². The first kappa shape index (κ1) is 25.2. The number of fused-ring (bicyclic) bond motifs is 1. The number of piperidine rings is 1. The number of aliphatic hydroxyl groups excluding tert-OH is 2. The highest BCUT2D eigenvalue weighted by atomic mass is 35.5. The molecule has 2 N–H and O–H groups in total. The van der Waals surface area contributed by atoms with Crippen LogP contribution in [0.1, 0.15) is 37.4 Å². The summed E-state index contributed by atoms with van der Waals surface area (Å²) in [6, 6.07) is 11.6. The van der Waals surface area contributed by atoms with Crippen molar-refractivity contribution in [3.63, 3.8) is 0 Å². The summed E-state index contributed by atoms with van der Waals surface area (Å²) in [5.41, 5.74) is 1.29. The maximum Gasteiger partial charge on any atom is 0.119 e. The minimum atomic E-state index is -0.735. The van der Waals surface area contributed by atoms with E-state index in [1.165, 1.54) is 0 Å². The lowest BCUT2D eigenvalue weighted by Crippen LogP contribution is -2.43. The molecule has 34 heavy (non-hydrogen) atoms. The summed E-state index contributed by atoms with van der Waals surface area (Å²) in [5.74, 6) is 1.70. The van der Waals surface area contributed by atoms with Crippen LogP contribution in [0.5, 0.6) is 5.75 Å². The Morgan fingerprint density at radius 1 is 1.21 bits per heavy atom. The molecular weight excluding hydrogens is 470 g/mol. The van der Waals surface area contributed by atoms with Crippen molar-refractivity contribution in [2.75, 3.05) is 39.1 Å². The average Bonchev–Trinajstić information content (AvgIpc) is 2.88. The molecule has 1 saturated heterocycles. The van der Waals surface area contributed by atoms with Crippen molar-refractivity contribution in [3.05, 3.63) is 59.4 Å². The van der Waals surface area contributed by atoms with Crippen molar-refractivity contribution in [3.8, 4) is 5.75 Å². The van der Waals surface area contributed by atoms with Gasteiger partial charge in [0, 0.05) is 42.2 Å². The Morgan fingerprint density at radius 3 is 2.74 bits per heavy atom. The van der Waals surface area contributed by atoms with Gasteiger partial charge in [-0.05, 0) is 74.5 Å². The molecule has 0 bridgehead atoms. The topological polar surface area (TPSA) is 78.7 Å². The molecule has 0 spiro atoms. The molecule has 1 fully saturated rings. The van der Waals surface area contributed by atoms with E-state index in [4.69, 9.17) is 16.3 Å². The molecule has 8 heteroatoms. The van der Waals surface area contributed by atoms with Crippen LogP contribution in [0.2, 0.25) is 5.02 Å². The van der Waals surface area contributed by atoms with E-state index in [0.717, 1.165) is 60.6 Å². The SMILES string of the molecule is COc1ccc2ncc(Cl)c([C@H](O)CCC3(CO)CCN(CCSc4ccccn4)CC3)c2c1.